The van der Waals surface area contributed by atoms with E-state index in [0.717, 1.165) is 37.4 Å². The number of benzene rings is 1. The van der Waals surface area contributed by atoms with Gasteiger partial charge in [0, 0.05) is 17.5 Å². The molecule has 1 aromatic carbocycles. The van der Waals surface area contributed by atoms with Gasteiger partial charge in [-0.05, 0) is 50.1 Å². The Hall–Kier alpha value is -1.81. The fraction of sp³-hybridized carbons (Fsp3) is 0.550. The minimum Gasteiger partial charge on any atom is -0.493 e. The van der Waals surface area contributed by atoms with Crippen molar-refractivity contribution in [1.29, 1.82) is 0 Å². The number of ketones is 1. The number of nitrogens with zero attached hydrogens (tertiary/aromatic N) is 1. The van der Waals surface area contributed by atoms with Crippen LogP contribution in [-0.2, 0) is 16.6 Å². The van der Waals surface area contributed by atoms with Crippen molar-refractivity contribution < 1.29 is 14.3 Å². The monoisotopic (exact) mass is 325 g/mol. The van der Waals surface area contributed by atoms with Crippen LogP contribution in [-0.4, -0.2) is 43.0 Å². The zero-order chi connectivity index (χ0) is 16.5. The van der Waals surface area contributed by atoms with Crippen molar-refractivity contribution >= 4 is 5.78 Å². The molecule has 4 heteroatoms. The molecule has 1 aromatic rings. The van der Waals surface area contributed by atoms with Gasteiger partial charge in [-0.15, -0.1) is 0 Å². The highest BCUT2D eigenvalue weighted by Gasteiger charge is 2.64. The van der Waals surface area contributed by atoms with Crippen LogP contribution in [0, 0.1) is 5.92 Å². The molecule has 2 aliphatic carbocycles. The number of carbonyl (C=O) groups is 1. The molecule has 2 aliphatic heterocycles. The maximum Gasteiger partial charge on any atom is 0.196 e. The van der Waals surface area contributed by atoms with E-state index in [1.54, 1.807) is 13.2 Å². The number of methoxy groups -OCH3 is 1. The van der Waals surface area contributed by atoms with Gasteiger partial charge in [0.1, 0.15) is 0 Å². The number of rotatable bonds is 3. The van der Waals surface area contributed by atoms with Crippen LogP contribution < -0.4 is 9.47 Å². The lowest BCUT2D eigenvalue weighted by Crippen LogP contribution is -2.64. The van der Waals surface area contributed by atoms with E-state index in [1.165, 1.54) is 17.5 Å². The standard InChI is InChI=1S/C20H23NO3/c1-3-9-21-10-8-20-13-5-6-15(22)19(20)24-18-16(23-2)7-4-12(17(18)20)11-14(13)21/h4-7,13-14,19H,3,8-11H2,1-2H3/t13?,14-,19+,20+/m1/s1. The van der Waals surface area contributed by atoms with Crippen molar-refractivity contribution in [2.75, 3.05) is 20.2 Å². The first kappa shape index (κ1) is 14.5. The van der Waals surface area contributed by atoms with Crippen molar-refractivity contribution in [1.82, 2.24) is 4.90 Å². The Labute approximate surface area is 142 Å². The second kappa shape index (κ2) is 4.85. The molecule has 126 valence electrons. The summed E-state index contributed by atoms with van der Waals surface area (Å²) >= 11 is 0. The zero-order valence-electron chi connectivity index (χ0n) is 14.2. The van der Waals surface area contributed by atoms with Crippen molar-refractivity contribution in [2.45, 2.75) is 43.7 Å². The molecule has 4 nitrogen and oxygen atoms in total. The van der Waals surface area contributed by atoms with Gasteiger partial charge in [-0.3, -0.25) is 9.69 Å². The topological polar surface area (TPSA) is 38.8 Å². The average Bonchev–Trinajstić information content (AvgIpc) is 2.94. The third-order valence-corrected chi connectivity index (χ3v) is 6.55. The highest BCUT2D eigenvalue weighted by atomic mass is 16.5. The van der Waals surface area contributed by atoms with Crippen LogP contribution in [0.15, 0.2) is 24.3 Å². The average molecular weight is 325 g/mol. The van der Waals surface area contributed by atoms with Crippen LogP contribution in [0.25, 0.3) is 0 Å². The zero-order valence-corrected chi connectivity index (χ0v) is 14.2. The second-order valence-corrected chi connectivity index (χ2v) is 7.51. The van der Waals surface area contributed by atoms with E-state index < -0.39 is 0 Å². The number of hydrogen-bond acceptors (Lipinski definition) is 4. The number of likely N-dealkylation sites (tertiary alicyclic amines) is 1. The minimum atomic E-state index is -0.371. The van der Waals surface area contributed by atoms with Crippen LogP contribution in [0.3, 0.4) is 0 Å². The van der Waals surface area contributed by atoms with Crippen LogP contribution in [0.5, 0.6) is 11.5 Å². The van der Waals surface area contributed by atoms with E-state index in [4.69, 9.17) is 9.47 Å². The fourth-order valence-electron chi connectivity index (χ4n) is 5.69. The predicted molar refractivity (Wildman–Crippen MR) is 90.7 cm³/mol. The number of carbonyl (C=O) groups excluding carboxylic acids is 1. The minimum absolute atomic E-state index is 0.111. The number of ether oxygens (including phenoxy) is 2. The Kier molecular flexibility index (Phi) is 2.94. The fourth-order valence-corrected chi connectivity index (χ4v) is 5.69. The van der Waals surface area contributed by atoms with E-state index >= 15 is 0 Å². The summed E-state index contributed by atoms with van der Waals surface area (Å²) in [6.45, 7) is 4.42. The molecule has 2 heterocycles. The Morgan fingerprint density at radius 3 is 3.08 bits per heavy atom. The van der Waals surface area contributed by atoms with E-state index in [2.05, 4.69) is 24.0 Å². The summed E-state index contributed by atoms with van der Waals surface area (Å²) in [6, 6.07) is 4.66. The molecular weight excluding hydrogens is 302 g/mol. The van der Waals surface area contributed by atoms with E-state index in [1.807, 2.05) is 6.07 Å². The van der Waals surface area contributed by atoms with Crippen molar-refractivity contribution in [2.24, 2.45) is 5.92 Å². The van der Waals surface area contributed by atoms with Crippen molar-refractivity contribution in [3.05, 3.63) is 35.4 Å². The van der Waals surface area contributed by atoms with Gasteiger partial charge in [0.15, 0.2) is 23.4 Å². The van der Waals surface area contributed by atoms with Gasteiger partial charge >= 0.3 is 0 Å². The molecule has 1 unspecified atom stereocenters. The molecular formula is C20H23NO3. The molecule has 1 spiro atoms. The Morgan fingerprint density at radius 1 is 1.42 bits per heavy atom. The molecule has 0 saturated carbocycles. The first-order valence-electron chi connectivity index (χ1n) is 9.03. The largest absolute Gasteiger partial charge is 0.493 e. The molecule has 0 N–H and O–H groups in total. The highest BCUT2D eigenvalue weighted by Crippen LogP contribution is 2.61. The van der Waals surface area contributed by atoms with Crippen LogP contribution in [0.2, 0.25) is 0 Å². The van der Waals surface area contributed by atoms with Gasteiger partial charge < -0.3 is 9.47 Å². The van der Waals surface area contributed by atoms with Crippen LogP contribution in [0.4, 0.5) is 0 Å². The van der Waals surface area contributed by atoms with E-state index in [0.29, 0.717) is 12.0 Å². The molecule has 5 rings (SSSR count). The third kappa shape index (κ3) is 1.55. The molecule has 2 bridgehead atoms. The lowest BCUT2D eigenvalue weighted by Gasteiger charge is -2.56. The third-order valence-electron chi connectivity index (χ3n) is 6.55. The summed E-state index contributed by atoms with van der Waals surface area (Å²) in [6.07, 6.45) is 6.75. The molecule has 0 radical (unpaired) electrons. The van der Waals surface area contributed by atoms with Gasteiger partial charge in [-0.2, -0.15) is 0 Å². The molecule has 1 saturated heterocycles. The number of piperidine rings is 1. The van der Waals surface area contributed by atoms with Gasteiger partial charge in [0.25, 0.3) is 0 Å². The van der Waals surface area contributed by atoms with Gasteiger partial charge in [0.05, 0.1) is 12.5 Å². The summed E-state index contributed by atoms with van der Waals surface area (Å²) in [5, 5.41) is 0. The second-order valence-electron chi connectivity index (χ2n) is 7.51. The van der Waals surface area contributed by atoms with Gasteiger partial charge in [-0.25, -0.2) is 0 Å². The lowest BCUT2D eigenvalue weighted by molar-refractivity contribution is -0.127. The summed E-state index contributed by atoms with van der Waals surface area (Å²) in [5.41, 5.74) is 2.43. The van der Waals surface area contributed by atoms with Gasteiger partial charge in [0.2, 0.25) is 0 Å². The van der Waals surface area contributed by atoms with E-state index in [9.17, 15) is 4.79 Å². The molecule has 24 heavy (non-hydrogen) atoms. The smallest absolute Gasteiger partial charge is 0.196 e. The van der Waals surface area contributed by atoms with Gasteiger partial charge in [-0.1, -0.05) is 19.1 Å². The van der Waals surface area contributed by atoms with Crippen LogP contribution in [0.1, 0.15) is 30.9 Å². The first-order valence-corrected chi connectivity index (χ1v) is 9.03. The summed E-state index contributed by atoms with van der Waals surface area (Å²) in [7, 11) is 1.67. The molecule has 4 aliphatic rings. The Bertz CT molecular complexity index is 755. The van der Waals surface area contributed by atoms with Crippen molar-refractivity contribution in [3.8, 4) is 11.5 Å². The lowest BCUT2D eigenvalue weighted by atomic mass is 9.53. The highest BCUT2D eigenvalue weighted by molar-refractivity contribution is 5.98. The summed E-state index contributed by atoms with van der Waals surface area (Å²) < 4.78 is 11.8. The molecule has 0 aromatic heterocycles. The summed E-state index contributed by atoms with van der Waals surface area (Å²) in [4.78, 5) is 15.3. The van der Waals surface area contributed by atoms with Crippen molar-refractivity contribution in [3.63, 3.8) is 0 Å². The van der Waals surface area contributed by atoms with E-state index in [-0.39, 0.29) is 17.3 Å². The SMILES string of the molecule is CCCN1CC[C@]23c4c5ccc(OC)c4O[C@H]2C(=O)C=CC3[C@H]1C5. The first-order chi connectivity index (χ1) is 11.7. The Morgan fingerprint density at radius 2 is 2.29 bits per heavy atom. The summed E-state index contributed by atoms with van der Waals surface area (Å²) in [5.74, 6) is 2.06. The molecule has 0 amide bonds. The van der Waals surface area contributed by atoms with Crippen LogP contribution >= 0.6 is 0 Å². The normalized spacial score (nSPS) is 35.6. The maximum absolute atomic E-state index is 12.7. The Balaban J connectivity index is 1.75. The maximum atomic E-state index is 12.7. The predicted octanol–water partition coefficient (Wildman–Crippen LogP) is 2.49. The quantitative estimate of drug-likeness (QED) is 0.856. The molecule has 4 atom stereocenters. The molecule has 1 fully saturated rings. The number of hydrogen-bond donors (Lipinski definition) is 0.